The monoisotopic (exact) mass is 328 g/mol. The van der Waals surface area contributed by atoms with Crippen LogP contribution in [0, 0.1) is 0 Å². The van der Waals surface area contributed by atoms with Gasteiger partial charge in [-0.1, -0.05) is 49.9 Å². The zero-order valence-corrected chi connectivity index (χ0v) is 14.7. The predicted octanol–water partition coefficient (Wildman–Crippen LogP) is 4.90. The van der Waals surface area contributed by atoms with Gasteiger partial charge in [0.05, 0.1) is 12.8 Å². The van der Waals surface area contributed by atoms with Gasteiger partial charge in [-0.2, -0.15) is 0 Å². The van der Waals surface area contributed by atoms with Crippen LogP contribution in [0.25, 0.3) is 0 Å². The second-order valence-corrected chi connectivity index (χ2v) is 7.26. The van der Waals surface area contributed by atoms with Crippen molar-refractivity contribution in [1.82, 2.24) is 4.90 Å². The molecule has 4 heteroatoms. The summed E-state index contributed by atoms with van der Waals surface area (Å²) in [5.74, 6) is 2.71. The molecule has 0 unspecified atom stereocenters. The lowest BCUT2D eigenvalue weighted by atomic mass is 10.0. The van der Waals surface area contributed by atoms with E-state index < -0.39 is 0 Å². The van der Waals surface area contributed by atoms with E-state index in [1.165, 1.54) is 17.5 Å². The van der Waals surface area contributed by atoms with Crippen molar-refractivity contribution >= 4 is 16.9 Å². The van der Waals surface area contributed by atoms with Crippen LogP contribution in [-0.2, 0) is 13.1 Å². The van der Waals surface area contributed by atoms with Crippen LogP contribution >= 0.6 is 11.8 Å². The normalized spacial score (nSPS) is 14.8. The molecule has 0 saturated heterocycles. The van der Waals surface area contributed by atoms with Crippen molar-refractivity contribution in [3.05, 3.63) is 59.5 Å². The topological polar surface area (TPSA) is 28.7 Å². The van der Waals surface area contributed by atoms with Crippen molar-refractivity contribution in [2.24, 2.45) is 4.99 Å². The van der Waals surface area contributed by atoms with Gasteiger partial charge < -0.3 is 9.32 Å². The maximum absolute atomic E-state index is 5.54. The van der Waals surface area contributed by atoms with E-state index in [1.807, 2.05) is 23.9 Å². The molecule has 0 aliphatic carbocycles. The highest BCUT2D eigenvalue weighted by Crippen LogP contribution is 2.22. The second kappa shape index (κ2) is 7.73. The molecule has 0 atom stereocenters. The third-order valence-electron chi connectivity index (χ3n) is 4.00. The van der Waals surface area contributed by atoms with Crippen LogP contribution in [0.15, 0.2) is 52.1 Å². The number of benzene rings is 1. The van der Waals surface area contributed by atoms with Crippen LogP contribution in [0.4, 0.5) is 0 Å². The minimum absolute atomic E-state index is 0.571. The van der Waals surface area contributed by atoms with E-state index in [-0.39, 0.29) is 0 Å². The first-order valence-electron chi connectivity index (χ1n) is 8.26. The van der Waals surface area contributed by atoms with E-state index in [9.17, 15) is 0 Å². The lowest BCUT2D eigenvalue weighted by Crippen LogP contribution is -2.29. The Morgan fingerprint density at radius 1 is 1.17 bits per heavy atom. The van der Waals surface area contributed by atoms with Gasteiger partial charge in [0.15, 0.2) is 5.17 Å². The molecular formula is C19H24N2OS. The number of furan rings is 1. The van der Waals surface area contributed by atoms with Gasteiger partial charge in [0.2, 0.25) is 0 Å². The number of nitrogens with zero attached hydrogens (tertiary/aromatic N) is 2. The Labute approximate surface area is 142 Å². The minimum Gasteiger partial charge on any atom is -0.467 e. The van der Waals surface area contributed by atoms with Gasteiger partial charge in [-0.15, -0.1) is 0 Å². The summed E-state index contributed by atoms with van der Waals surface area (Å²) in [7, 11) is 0. The first-order valence-corrected chi connectivity index (χ1v) is 9.24. The Kier molecular flexibility index (Phi) is 5.44. The van der Waals surface area contributed by atoms with Crippen molar-refractivity contribution in [3.8, 4) is 0 Å². The van der Waals surface area contributed by atoms with Crippen LogP contribution in [0.3, 0.4) is 0 Å². The Morgan fingerprint density at radius 3 is 2.61 bits per heavy atom. The van der Waals surface area contributed by atoms with Crippen molar-refractivity contribution in [1.29, 1.82) is 0 Å². The zero-order chi connectivity index (χ0) is 16.1. The van der Waals surface area contributed by atoms with E-state index in [0.717, 1.165) is 36.3 Å². The number of hydrogen-bond acceptors (Lipinski definition) is 4. The first-order chi connectivity index (χ1) is 11.2. The standard InChI is InChI=1S/C19H24N2OS/c1-15(2)17-8-6-16(7-9-17)13-21(14-18-5-3-11-22-18)19-20-10-4-12-23-19/h3,5-9,11,15H,4,10,12-14H2,1-2H3. The third-order valence-corrected chi connectivity index (χ3v) is 5.14. The Bertz CT molecular complexity index is 632. The van der Waals surface area contributed by atoms with Crippen LogP contribution < -0.4 is 0 Å². The predicted molar refractivity (Wildman–Crippen MR) is 97.9 cm³/mol. The molecule has 1 aromatic carbocycles. The first kappa shape index (κ1) is 16.2. The summed E-state index contributed by atoms with van der Waals surface area (Å²) < 4.78 is 5.54. The summed E-state index contributed by atoms with van der Waals surface area (Å²) in [6.45, 7) is 7.02. The van der Waals surface area contributed by atoms with Crippen LogP contribution in [0.2, 0.25) is 0 Å². The maximum atomic E-state index is 5.54. The van der Waals surface area contributed by atoms with E-state index >= 15 is 0 Å². The van der Waals surface area contributed by atoms with Gasteiger partial charge in [-0.25, -0.2) is 0 Å². The molecule has 23 heavy (non-hydrogen) atoms. The second-order valence-electron chi connectivity index (χ2n) is 6.20. The summed E-state index contributed by atoms with van der Waals surface area (Å²) in [6, 6.07) is 12.9. The summed E-state index contributed by atoms with van der Waals surface area (Å²) in [5.41, 5.74) is 2.70. The fourth-order valence-electron chi connectivity index (χ4n) is 2.65. The largest absolute Gasteiger partial charge is 0.467 e. The van der Waals surface area contributed by atoms with Crippen molar-refractivity contribution in [2.75, 3.05) is 12.3 Å². The molecule has 0 N–H and O–H groups in total. The Balaban J connectivity index is 1.75. The van der Waals surface area contributed by atoms with Gasteiger partial charge >= 0.3 is 0 Å². The third kappa shape index (κ3) is 4.41. The Morgan fingerprint density at radius 2 is 2.00 bits per heavy atom. The van der Waals surface area contributed by atoms with Gasteiger partial charge in [0.25, 0.3) is 0 Å². The zero-order valence-electron chi connectivity index (χ0n) is 13.9. The number of amidine groups is 1. The van der Waals surface area contributed by atoms with Gasteiger partial charge in [0, 0.05) is 18.8 Å². The molecule has 3 nitrogen and oxygen atoms in total. The summed E-state index contributed by atoms with van der Waals surface area (Å²) in [6.07, 6.45) is 2.91. The number of rotatable bonds is 5. The molecule has 0 radical (unpaired) electrons. The van der Waals surface area contributed by atoms with Crippen LogP contribution in [0.5, 0.6) is 0 Å². The molecule has 0 spiro atoms. The molecule has 0 amide bonds. The Hall–Kier alpha value is -1.68. The number of aliphatic imine (C=N–C) groups is 1. The average Bonchev–Trinajstić information content (AvgIpc) is 3.09. The smallest absolute Gasteiger partial charge is 0.159 e. The van der Waals surface area contributed by atoms with Crippen molar-refractivity contribution < 1.29 is 4.42 Å². The summed E-state index contributed by atoms with van der Waals surface area (Å²) >= 11 is 1.85. The fourth-order valence-corrected chi connectivity index (χ4v) is 3.60. The summed E-state index contributed by atoms with van der Waals surface area (Å²) in [5, 5.41) is 1.14. The van der Waals surface area contributed by atoms with E-state index in [2.05, 4.69) is 43.0 Å². The van der Waals surface area contributed by atoms with E-state index in [0.29, 0.717) is 5.92 Å². The quantitative estimate of drug-likeness (QED) is 0.782. The highest BCUT2D eigenvalue weighted by atomic mass is 32.2. The molecule has 0 saturated carbocycles. The molecule has 1 aromatic heterocycles. The van der Waals surface area contributed by atoms with Crippen molar-refractivity contribution in [3.63, 3.8) is 0 Å². The minimum atomic E-state index is 0.571. The van der Waals surface area contributed by atoms with Crippen LogP contribution in [0.1, 0.15) is 43.1 Å². The van der Waals surface area contributed by atoms with E-state index in [1.54, 1.807) is 6.26 Å². The molecular weight excluding hydrogens is 304 g/mol. The fraction of sp³-hybridized carbons (Fsp3) is 0.421. The molecule has 1 aliphatic heterocycles. The molecule has 0 bridgehead atoms. The number of thioether (sulfide) groups is 1. The molecule has 1 aliphatic rings. The molecule has 2 heterocycles. The number of hydrogen-bond donors (Lipinski definition) is 0. The highest BCUT2D eigenvalue weighted by Gasteiger charge is 2.17. The highest BCUT2D eigenvalue weighted by molar-refractivity contribution is 8.13. The lowest BCUT2D eigenvalue weighted by molar-refractivity contribution is 0.360. The maximum Gasteiger partial charge on any atom is 0.159 e. The molecule has 2 aromatic rings. The van der Waals surface area contributed by atoms with Gasteiger partial charge in [-0.05, 0) is 35.6 Å². The molecule has 3 rings (SSSR count). The van der Waals surface area contributed by atoms with Gasteiger partial charge in [-0.3, -0.25) is 4.99 Å². The van der Waals surface area contributed by atoms with Crippen LogP contribution in [-0.4, -0.2) is 22.4 Å². The lowest BCUT2D eigenvalue weighted by Gasteiger charge is -2.27. The molecule has 0 fully saturated rings. The average molecular weight is 328 g/mol. The summed E-state index contributed by atoms with van der Waals surface area (Å²) in [4.78, 5) is 7.04. The van der Waals surface area contributed by atoms with Crippen molar-refractivity contribution in [2.45, 2.75) is 39.3 Å². The SMILES string of the molecule is CC(C)c1ccc(CN(Cc2ccco2)C2=NCCCS2)cc1. The van der Waals surface area contributed by atoms with E-state index in [4.69, 9.17) is 9.41 Å². The molecule has 122 valence electrons. The van der Waals surface area contributed by atoms with Gasteiger partial charge in [0.1, 0.15) is 5.76 Å².